The zero-order valence-corrected chi connectivity index (χ0v) is 13.5. The first-order valence-electron chi connectivity index (χ1n) is 7.39. The summed E-state index contributed by atoms with van der Waals surface area (Å²) >= 11 is 5.92. The van der Waals surface area contributed by atoms with E-state index in [1.165, 1.54) is 0 Å². The van der Waals surface area contributed by atoms with Crippen molar-refractivity contribution in [2.24, 2.45) is 0 Å². The molecule has 0 aliphatic carbocycles. The number of aliphatic hydroxyl groups is 1. The van der Waals surface area contributed by atoms with Crippen molar-refractivity contribution < 1.29 is 9.52 Å². The van der Waals surface area contributed by atoms with Crippen molar-refractivity contribution in [3.63, 3.8) is 0 Å². The van der Waals surface area contributed by atoms with Crippen LogP contribution >= 0.6 is 11.6 Å². The number of halogens is 1. The third-order valence-electron chi connectivity index (χ3n) is 3.47. The number of aromatic nitrogens is 2. The third kappa shape index (κ3) is 3.75. The fourth-order valence-corrected chi connectivity index (χ4v) is 2.47. The number of nitrogens with zero attached hydrogens (tertiary/aromatic N) is 2. The molecule has 0 bridgehead atoms. The van der Waals surface area contributed by atoms with Gasteiger partial charge in [0.2, 0.25) is 0 Å². The Kier molecular flexibility index (Phi) is 4.69. The molecule has 0 unspecified atom stereocenters. The van der Waals surface area contributed by atoms with Gasteiger partial charge in [-0.25, -0.2) is 4.68 Å². The molecule has 0 aliphatic rings. The van der Waals surface area contributed by atoms with Gasteiger partial charge in [-0.05, 0) is 31.2 Å². The van der Waals surface area contributed by atoms with Gasteiger partial charge in [-0.3, -0.25) is 0 Å². The van der Waals surface area contributed by atoms with Crippen LogP contribution in [0.5, 0.6) is 0 Å². The summed E-state index contributed by atoms with van der Waals surface area (Å²) in [5.41, 5.74) is 1.80. The van der Waals surface area contributed by atoms with Crippen molar-refractivity contribution in [3.05, 3.63) is 59.0 Å². The van der Waals surface area contributed by atoms with Gasteiger partial charge >= 0.3 is 0 Å². The van der Waals surface area contributed by atoms with E-state index in [1.54, 1.807) is 4.68 Å². The summed E-state index contributed by atoms with van der Waals surface area (Å²) in [5.74, 6) is 2.57. The number of aryl methyl sites for hydroxylation is 1. The second kappa shape index (κ2) is 6.89. The molecule has 5 nitrogen and oxygen atoms in total. The SMILES string of the molecule is Cc1ccc(CNc2cc(-c3ccc(Cl)cc3)nn2CCO)o1. The number of aliphatic hydroxyl groups excluding tert-OH is 1. The Morgan fingerprint density at radius 1 is 1.22 bits per heavy atom. The van der Waals surface area contributed by atoms with Crippen LogP contribution in [0.2, 0.25) is 5.02 Å². The minimum absolute atomic E-state index is 0.0241. The zero-order chi connectivity index (χ0) is 16.2. The average molecular weight is 332 g/mol. The molecule has 0 radical (unpaired) electrons. The third-order valence-corrected chi connectivity index (χ3v) is 3.72. The monoisotopic (exact) mass is 331 g/mol. The Bertz CT molecular complexity index is 777. The Balaban J connectivity index is 1.81. The Morgan fingerprint density at radius 2 is 2.00 bits per heavy atom. The van der Waals surface area contributed by atoms with Crippen LogP contribution in [0.1, 0.15) is 11.5 Å². The van der Waals surface area contributed by atoms with Crippen LogP contribution in [-0.4, -0.2) is 21.5 Å². The summed E-state index contributed by atoms with van der Waals surface area (Å²) in [7, 11) is 0. The highest BCUT2D eigenvalue weighted by Gasteiger charge is 2.10. The molecular formula is C17H18ClN3O2. The Hall–Kier alpha value is -2.24. The molecule has 120 valence electrons. The van der Waals surface area contributed by atoms with Gasteiger partial charge in [-0.1, -0.05) is 23.7 Å². The number of anilines is 1. The van der Waals surface area contributed by atoms with Crippen molar-refractivity contribution in [3.8, 4) is 11.3 Å². The molecule has 0 fully saturated rings. The first kappa shape index (κ1) is 15.6. The Morgan fingerprint density at radius 3 is 2.65 bits per heavy atom. The molecule has 2 N–H and O–H groups in total. The standard InChI is InChI=1S/C17H18ClN3O2/c1-12-2-7-15(23-12)11-19-17-10-16(20-21(17)8-9-22)13-3-5-14(18)6-4-13/h2-7,10,19,22H,8-9,11H2,1H3. The first-order chi connectivity index (χ1) is 11.2. The molecule has 3 rings (SSSR count). The molecule has 1 aromatic carbocycles. The van der Waals surface area contributed by atoms with Crippen LogP contribution in [0, 0.1) is 6.92 Å². The number of hydrogen-bond acceptors (Lipinski definition) is 4. The molecule has 0 saturated carbocycles. The van der Waals surface area contributed by atoms with Gasteiger partial charge < -0.3 is 14.8 Å². The summed E-state index contributed by atoms with van der Waals surface area (Å²) in [6.45, 7) is 2.92. The van der Waals surface area contributed by atoms with E-state index < -0.39 is 0 Å². The molecule has 0 atom stereocenters. The molecule has 0 amide bonds. The predicted molar refractivity (Wildman–Crippen MR) is 90.5 cm³/mol. The lowest BCUT2D eigenvalue weighted by Gasteiger charge is -2.07. The minimum atomic E-state index is 0.0241. The highest BCUT2D eigenvalue weighted by molar-refractivity contribution is 6.30. The van der Waals surface area contributed by atoms with Crippen LogP contribution in [-0.2, 0) is 13.1 Å². The normalized spacial score (nSPS) is 10.9. The molecule has 2 aromatic heterocycles. The second-order valence-corrected chi connectivity index (χ2v) is 5.67. The summed E-state index contributed by atoms with van der Waals surface area (Å²) in [6.07, 6.45) is 0. The van der Waals surface area contributed by atoms with Crippen molar-refractivity contribution in [1.82, 2.24) is 9.78 Å². The van der Waals surface area contributed by atoms with Crippen LogP contribution in [0.3, 0.4) is 0 Å². The van der Waals surface area contributed by atoms with Gasteiger partial charge in [-0.15, -0.1) is 0 Å². The second-order valence-electron chi connectivity index (χ2n) is 5.23. The minimum Gasteiger partial charge on any atom is -0.465 e. The predicted octanol–water partition coefficient (Wildman–Crippen LogP) is 3.71. The quantitative estimate of drug-likeness (QED) is 0.722. The van der Waals surface area contributed by atoms with Crippen molar-refractivity contribution in [2.75, 3.05) is 11.9 Å². The molecular weight excluding hydrogens is 314 g/mol. The lowest BCUT2D eigenvalue weighted by atomic mass is 10.1. The van der Waals surface area contributed by atoms with Crippen LogP contribution in [0.15, 0.2) is 46.9 Å². The number of furan rings is 1. The Labute approximate surface area is 139 Å². The number of hydrogen-bond donors (Lipinski definition) is 2. The van der Waals surface area contributed by atoms with E-state index in [1.807, 2.05) is 49.4 Å². The number of rotatable bonds is 6. The maximum absolute atomic E-state index is 9.22. The van der Waals surface area contributed by atoms with E-state index in [0.717, 1.165) is 28.6 Å². The summed E-state index contributed by atoms with van der Waals surface area (Å²) in [4.78, 5) is 0. The molecule has 3 aromatic rings. The van der Waals surface area contributed by atoms with Crippen LogP contribution < -0.4 is 5.32 Å². The fraction of sp³-hybridized carbons (Fsp3) is 0.235. The molecule has 2 heterocycles. The van der Waals surface area contributed by atoms with Gasteiger partial charge in [0.05, 0.1) is 25.4 Å². The largest absolute Gasteiger partial charge is 0.465 e. The van der Waals surface area contributed by atoms with E-state index >= 15 is 0 Å². The van der Waals surface area contributed by atoms with Gasteiger partial charge in [0.25, 0.3) is 0 Å². The molecule has 6 heteroatoms. The molecule has 23 heavy (non-hydrogen) atoms. The maximum Gasteiger partial charge on any atom is 0.125 e. The number of benzene rings is 1. The van der Waals surface area contributed by atoms with Gasteiger partial charge in [-0.2, -0.15) is 5.10 Å². The molecule has 0 aliphatic heterocycles. The van der Waals surface area contributed by atoms with Gasteiger partial charge in [0.1, 0.15) is 17.3 Å². The van der Waals surface area contributed by atoms with Crippen molar-refractivity contribution in [1.29, 1.82) is 0 Å². The van der Waals surface area contributed by atoms with Gasteiger partial charge in [0, 0.05) is 16.7 Å². The van der Waals surface area contributed by atoms with Gasteiger partial charge in [0.15, 0.2) is 0 Å². The van der Waals surface area contributed by atoms with E-state index in [2.05, 4.69) is 10.4 Å². The lowest BCUT2D eigenvalue weighted by molar-refractivity contribution is 0.270. The van der Waals surface area contributed by atoms with Crippen LogP contribution in [0.25, 0.3) is 11.3 Å². The average Bonchev–Trinajstić information content (AvgIpc) is 3.13. The van der Waals surface area contributed by atoms with E-state index in [4.69, 9.17) is 16.0 Å². The summed E-state index contributed by atoms with van der Waals surface area (Å²) in [6, 6.07) is 13.3. The summed E-state index contributed by atoms with van der Waals surface area (Å²) in [5, 5.41) is 17.8. The molecule has 0 saturated heterocycles. The summed E-state index contributed by atoms with van der Waals surface area (Å²) < 4.78 is 7.30. The van der Waals surface area contributed by atoms with E-state index in [-0.39, 0.29) is 6.61 Å². The van der Waals surface area contributed by atoms with E-state index in [9.17, 15) is 5.11 Å². The highest BCUT2D eigenvalue weighted by atomic mass is 35.5. The van der Waals surface area contributed by atoms with Crippen molar-refractivity contribution in [2.45, 2.75) is 20.0 Å². The smallest absolute Gasteiger partial charge is 0.125 e. The highest BCUT2D eigenvalue weighted by Crippen LogP contribution is 2.24. The maximum atomic E-state index is 9.22. The molecule has 0 spiro atoms. The first-order valence-corrected chi connectivity index (χ1v) is 7.77. The number of nitrogens with one attached hydrogen (secondary N) is 1. The topological polar surface area (TPSA) is 63.2 Å². The zero-order valence-electron chi connectivity index (χ0n) is 12.8. The van der Waals surface area contributed by atoms with Crippen molar-refractivity contribution >= 4 is 17.4 Å². The fourth-order valence-electron chi connectivity index (χ4n) is 2.34. The van der Waals surface area contributed by atoms with E-state index in [0.29, 0.717) is 18.1 Å². The lowest BCUT2D eigenvalue weighted by Crippen LogP contribution is -2.10. The van der Waals surface area contributed by atoms with Crippen LogP contribution in [0.4, 0.5) is 5.82 Å².